The lowest BCUT2D eigenvalue weighted by Gasteiger charge is -2.53. The highest BCUT2D eigenvalue weighted by Crippen LogP contribution is 2.83. The van der Waals surface area contributed by atoms with Crippen LogP contribution in [0.3, 0.4) is 0 Å². The Hall–Kier alpha value is -3.49. The van der Waals surface area contributed by atoms with Crippen molar-refractivity contribution < 1.29 is 53.0 Å². The van der Waals surface area contributed by atoms with Crippen molar-refractivity contribution in [3.05, 3.63) is 58.7 Å². The monoisotopic (exact) mass is 941 g/mol. The summed E-state index contributed by atoms with van der Waals surface area (Å²) < 4.78 is 37.9. The van der Waals surface area contributed by atoms with E-state index in [0.717, 1.165) is 80.9 Å². The number of fused-ring (bicyclic) bond motifs is 5. The molecular formula is C55H76N2O11. The van der Waals surface area contributed by atoms with Crippen LogP contribution in [0.5, 0.6) is 0 Å². The Kier molecular flexibility index (Phi) is 11.8. The Balaban J connectivity index is 0.620. The van der Waals surface area contributed by atoms with Gasteiger partial charge in [-0.2, -0.15) is 0 Å². The van der Waals surface area contributed by atoms with Crippen molar-refractivity contribution >= 4 is 18.2 Å². The molecule has 3 unspecified atom stereocenters. The van der Waals surface area contributed by atoms with E-state index in [0.29, 0.717) is 68.2 Å². The molecule has 7 aliphatic carbocycles. The van der Waals surface area contributed by atoms with Crippen molar-refractivity contribution in [3.8, 4) is 0 Å². The number of alkyl carbamates (subject to hydrolysis) is 2. The van der Waals surface area contributed by atoms with Gasteiger partial charge in [-0.1, -0.05) is 83.9 Å². The van der Waals surface area contributed by atoms with Crippen LogP contribution in [0.4, 0.5) is 9.59 Å². The lowest BCUT2D eigenvalue weighted by molar-refractivity contribution is -0.136. The largest absolute Gasteiger partial charge is 0.458 e. The van der Waals surface area contributed by atoms with Crippen LogP contribution in [0.15, 0.2) is 58.7 Å². The van der Waals surface area contributed by atoms with Crippen LogP contribution >= 0.6 is 0 Å². The summed E-state index contributed by atoms with van der Waals surface area (Å²) in [6.45, 7) is 16.8. The van der Waals surface area contributed by atoms with Crippen LogP contribution < -0.4 is 10.6 Å². The number of aliphatic hydroxyl groups excluding tert-OH is 2. The molecule has 11 rings (SSSR count). The first-order valence-corrected chi connectivity index (χ1v) is 26.5. The normalized spacial score (nSPS) is 44.7. The van der Waals surface area contributed by atoms with E-state index in [2.05, 4.69) is 76.1 Å². The summed E-state index contributed by atoms with van der Waals surface area (Å²) in [7, 11) is 0. The number of amides is 2. The van der Waals surface area contributed by atoms with Gasteiger partial charge in [0.1, 0.15) is 36.1 Å². The molecule has 13 nitrogen and oxygen atoms in total. The minimum atomic E-state index is -0.786. The lowest BCUT2D eigenvalue weighted by Crippen LogP contribution is -2.70. The molecule has 6 saturated carbocycles. The number of unbranched alkanes of at least 4 members (excludes halogenated alkanes) is 3. The first-order chi connectivity index (χ1) is 32.6. The first-order valence-electron chi connectivity index (χ1n) is 26.5. The van der Waals surface area contributed by atoms with Gasteiger partial charge < -0.3 is 49.3 Å². The minimum Gasteiger partial charge on any atom is -0.458 e. The second-order valence-corrected chi connectivity index (χ2v) is 23.7. The number of hydrogen-bond acceptors (Lipinski definition) is 11. The Bertz CT molecular complexity index is 2210. The maximum absolute atomic E-state index is 13.6. The fourth-order valence-corrected chi connectivity index (χ4v) is 15.9. The van der Waals surface area contributed by atoms with Crippen molar-refractivity contribution in [3.63, 3.8) is 0 Å². The molecule has 9 fully saturated rings. The molecule has 4 heterocycles. The van der Waals surface area contributed by atoms with E-state index >= 15 is 0 Å². The van der Waals surface area contributed by atoms with E-state index in [1.807, 2.05) is 0 Å². The van der Waals surface area contributed by atoms with Gasteiger partial charge in [0.2, 0.25) is 0 Å². The Morgan fingerprint density at radius 3 is 2.37 bits per heavy atom. The average molecular weight is 941 g/mol. The first kappa shape index (κ1) is 46.9. The van der Waals surface area contributed by atoms with Gasteiger partial charge in [-0.3, -0.25) is 0 Å². The highest BCUT2D eigenvalue weighted by Gasteiger charge is 3.01. The molecule has 2 amide bonds. The Morgan fingerprint density at radius 2 is 1.63 bits per heavy atom. The zero-order chi connectivity index (χ0) is 47.5. The topological polar surface area (TPSA) is 181 Å². The van der Waals surface area contributed by atoms with Crippen LogP contribution in [-0.2, 0) is 33.2 Å². The van der Waals surface area contributed by atoms with Crippen molar-refractivity contribution in [2.24, 2.45) is 46.3 Å². The average Bonchev–Trinajstić information content (AvgIpc) is 4.15. The molecular weight excluding hydrogens is 865 g/mol. The van der Waals surface area contributed by atoms with Crippen LogP contribution in [0.1, 0.15) is 137 Å². The number of carbonyl (C=O) groups is 3. The van der Waals surface area contributed by atoms with E-state index in [9.17, 15) is 24.6 Å². The standard InChI is InChI=1S/C55H76N2O11/c1-30(2)53-45(67-53)46-55(68-46)52(6)23-21-37-38(29-63-47(37)60)41(52)28-44-54(55,66-44)48(53)65-50(62)57-25-10-8-7-9-24-56-49(61)64-36-26-35(32(4)43(59)27-36)17-14-33-12-11-22-51(5)39(18-19-40(33)51)31(3)13-20-42(58)34-15-16-34/h13-14,17,20,30-31,34,36,39-46,48,58-59H,4,7-12,15-16,18-19,21-29H2,1-3,5-6H3,(H,56,61)(H,57,62)/b20-13+,33-14+,35-17-/t31-,36+,39?,40?,41-,42?,43-,44-,45-,46-,48+,51+,52-,53-,54+,55+/m0/s1. The zero-order valence-electron chi connectivity index (χ0n) is 41.0. The zero-order valence-corrected chi connectivity index (χ0v) is 41.0. The molecule has 13 heteroatoms. The van der Waals surface area contributed by atoms with E-state index in [-0.39, 0.29) is 53.1 Å². The summed E-state index contributed by atoms with van der Waals surface area (Å²) in [6, 6.07) is 0. The summed E-state index contributed by atoms with van der Waals surface area (Å²) in [6.07, 6.45) is 19.6. The molecule has 0 aromatic carbocycles. The molecule has 0 aromatic rings. The number of esters is 1. The van der Waals surface area contributed by atoms with E-state index in [4.69, 9.17) is 28.4 Å². The van der Waals surface area contributed by atoms with E-state index in [1.165, 1.54) is 24.8 Å². The van der Waals surface area contributed by atoms with Gasteiger partial charge in [0.25, 0.3) is 0 Å². The highest BCUT2D eigenvalue weighted by atomic mass is 16.8. The highest BCUT2D eigenvalue weighted by molar-refractivity contribution is 5.92. The molecule has 4 N–H and O–H groups in total. The van der Waals surface area contributed by atoms with Gasteiger partial charge in [-0.15, -0.1) is 0 Å². The Labute approximate surface area is 402 Å². The molecule has 0 radical (unpaired) electrons. The third-order valence-electron chi connectivity index (χ3n) is 19.8. The number of cyclic esters (lactones) is 1. The number of rotatable bonds is 15. The van der Waals surface area contributed by atoms with Crippen LogP contribution in [-0.4, -0.2) is 108 Å². The molecule has 16 atom stereocenters. The smallest absolute Gasteiger partial charge is 0.407 e. The maximum atomic E-state index is 13.6. The van der Waals surface area contributed by atoms with Crippen molar-refractivity contribution in [2.45, 2.75) is 197 Å². The predicted molar refractivity (Wildman–Crippen MR) is 252 cm³/mol. The third-order valence-corrected chi connectivity index (χ3v) is 19.8. The van der Waals surface area contributed by atoms with Gasteiger partial charge in [0.05, 0.1) is 18.3 Å². The number of ether oxygens (including phenoxy) is 6. The van der Waals surface area contributed by atoms with Crippen LogP contribution in [0.25, 0.3) is 0 Å². The predicted octanol–water partition coefficient (Wildman–Crippen LogP) is 8.24. The van der Waals surface area contributed by atoms with Crippen molar-refractivity contribution in [1.29, 1.82) is 0 Å². The number of epoxide rings is 3. The summed E-state index contributed by atoms with van der Waals surface area (Å²) in [5, 5.41) is 27.3. The molecule has 2 spiro atoms. The molecule has 11 aliphatic rings. The molecule has 0 bridgehead atoms. The number of allylic oxidation sites excluding steroid dienone is 4. The fraction of sp³-hybridized carbons (Fsp3) is 0.764. The quantitative estimate of drug-likeness (QED) is 0.0408. The summed E-state index contributed by atoms with van der Waals surface area (Å²) >= 11 is 0. The number of aliphatic hydroxyl groups is 2. The number of carbonyl (C=O) groups excluding carboxylic acids is 3. The second-order valence-electron chi connectivity index (χ2n) is 23.7. The Morgan fingerprint density at radius 1 is 0.882 bits per heavy atom. The number of nitrogens with one attached hydrogen (secondary N) is 2. The fourth-order valence-electron chi connectivity index (χ4n) is 15.9. The van der Waals surface area contributed by atoms with Crippen LogP contribution in [0, 0.1) is 46.3 Å². The van der Waals surface area contributed by atoms with Crippen molar-refractivity contribution in [1.82, 2.24) is 10.6 Å². The van der Waals surface area contributed by atoms with Crippen molar-refractivity contribution in [2.75, 3.05) is 19.7 Å². The molecule has 3 saturated heterocycles. The minimum absolute atomic E-state index is 0.0801. The van der Waals surface area contributed by atoms with Gasteiger partial charge in [-0.05, 0) is 135 Å². The van der Waals surface area contributed by atoms with Gasteiger partial charge in [0.15, 0.2) is 11.7 Å². The van der Waals surface area contributed by atoms with Gasteiger partial charge in [-0.25, -0.2) is 14.4 Å². The second kappa shape index (κ2) is 17.1. The van der Waals surface area contributed by atoms with E-state index in [1.54, 1.807) is 0 Å². The van der Waals surface area contributed by atoms with Crippen LogP contribution in [0.2, 0.25) is 0 Å². The molecule has 372 valence electrons. The third kappa shape index (κ3) is 7.26. The number of hydrogen-bond donors (Lipinski definition) is 4. The van der Waals surface area contributed by atoms with E-state index < -0.39 is 47.3 Å². The molecule has 68 heavy (non-hydrogen) atoms. The maximum Gasteiger partial charge on any atom is 0.407 e. The SMILES string of the molecule is C=C1/C(=C\C=C2/CCC[C@@]3(C)C2CCC3[C@@H](C)/C=C/C(O)C2CC2)C[C@@H](OC(=O)NCCCCCCNC(=O)O[C@@H]2[C@@]3(C(C)C)O[C@H]3[C@@H]3O[C@]34[C@]23O[C@H]3C[C@H]2C3=C(CC[C@@]24C)C(=O)OC3)C[C@@H]1O. The lowest BCUT2D eigenvalue weighted by atomic mass is 9.46. The van der Waals surface area contributed by atoms with Gasteiger partial charge >= 0.3 is 18.2 Å². The summed E-state index contributed by atoms with van der Waals surface area (Å²) in [5.74, 6) is 1.99. The van der Waals surface area contributed by atoms with Gasteiger partial charge in [0, 0.05) is 36.9 Å². The molecule has 4 aliphatic heterocycles. The summed E-state index contributed by atoms with van der Waals surface area (Å²) in [4.78, 5) is 39.0. The molecule has 0 aromatic heterocycles. The summed E-state index contributed by atoms with van der Waals surface area (Å²) in [5.41, 5.74) is 2.87.